The van der Waals surface area contributed by atoms with Gasteiger partial charge in [-0.2, -0.15) is 9.36 Å². The fourth-order valence-electron chi connectivity index (χ4n) is 0.253. The quantitative estimate of drug-likeness (QED) is 0.537. The molecule has 4 heteroatoms. The van der Waals surface area contributed by atoms with Crippen molar-refractivity contribution in [3.8, 4) is 5.19 Å². The molecular weight excluding hydrogens is 112 g/mol. The molecule has 0 aliphatic rings. The first kappa shape index (κ1) is 4.52. The molecule has 0 fully saturated rings. The summed E-state index contributed by atoms with van der Waals surface area (Å²) in [6, 6.07) is 0. The molecule has 1 heterocycles. The number of ether oxygens (including phenoxy) is 1. The molecule has 0 saturated heterocycles. The summed E-state index contributed by atoms with van der Waals surface area (Å²) in [6.07, 6.45) is 1.46. The minimum Gasteiger partial charge on any atom is -0.472 e. The van der Waals surface area contributed by atoms with E-state index in [4.69, 9.17) is 4.74 Å². The standard InChI is InChI=1S/C3H4N2OS/c1-6-3-4-2-5-7-3/h2H,1H3. The third-order valence-electron chi connectivity index (χ3n) is 0.516. The molecule has 0 aromatic carbocycles. The molecule has 0 aliphatic carbocycles. The Kier molecular flexibility index (Phi) is 1.21. The summed E-state index contributed by atoms with van der Waals surface area (Å²) in [5.74, 6) is 0. The number of aromatic nitrogens is 2. The minimum absolute atomic E-state index is 0.611. The second-order valence-electron chi connectivity index (χ2n) is 0.911. The highest BCUT2D eigenvalue weighted by Crippen LogP contribution is 2.07. The Morgan fingerprint density at radius 1 is 1.86 bits per heavy atom. The van der Waals surface area contributed by atoms with E-state index in [1.54, 1.807) is 7.11 Å². The maximum atomic E-state index is 4.70. The van der Waals surface area contributed by atoms with Gasteiger partial charge in [-0.05, 0) is 0 Å². The first-order valence-electron chi connectivity index (χ1n) is 1.74. The van der Waals surface area contributed by atoms with Crippen molar-refractivity contribution in [2.24, 2.45) is 0 Å². The summed E-state index contributed by atoms with van der Waals surface area (Å²) in [5, 5.41) is 0.611. The van der Waals surface area contributed by atoms with Crippen molar-refractivity contribution in [1.82, 2.24) is 9.36 Å². The smallest absolute Gasteiger partial charge is 0.292 e. The van der Waals surface area contributed by atoms with Gasteiger partial charge in [-0.15, -0.1) is 0 Å². The SMILES string of the molecule is COc1ncns1. The van der Waals surface area contributed by atoms with Gasteiger partial charge in [0.25, 0.3) is 5.19 Å². The molecule has 0 bridgehead atoms. The molecule has 1 rings (SSSR count). The molecule has 38 valence electrons. The Balaban J connectivity index is 2.76. The van der Waals surface area contributed by atoms with Crippen LogP contribution in [0.2, 0.25) is 0 Å². The minimum atomic E-state index is 0.611. The normalized spacial score (nSPS) is 8.71. The van der Waals surface area contributed by atoms with Crippen molar-refractivity contribution in [1.29, 1.82) is 0 Å². The number of nitrogens with zero attached hydrogens (tertiary/aromatic N) is 2. The molecule has 1 aromatic rings. The summed E-state index contributed by atoms with van der Waals surface area (Å²) in [5.41, 5.74) is 0. The van der Waals surface area contributed by atoms with Gasteiger partial charge >= 0.3 is 0 Å². The lowest BCUT2D eigenvalue weighted by Crippen LogP contribution is -1.76. The van der Waals surface area contributed by atoms with Crippen molar-refractivity contribution in [3.63, 3.8) is 0 Å². The fourth-order valence-corrected chi connectivity index (χ4v) is 0.606. The zero-order chi connectivity index (χ0) is 5.11. The average Bonchev–Trinajstić information content (AvgIpc) is 2.14. The van der Waals surface area contributed by atoms with Crippen LogP contribution in [-0.4, -0.2) is 16.5 Å². The topological polar surface area (TPSA) is 35.0 Å². The van der Waals surface area contributed by atoms with E-state index in [1.165, 1.54) is 17.9 Å². The number of hydrogen-bond acceptors (Lipinski definition) is 4. The van der Waals surface area contributed by atoms with Gasteiger partial charge in [-0.3, -0.25) is 0 Å². The van der Waals surface area contributed by atoms with Crippen molar-refractivity contribution < 1.29 is 4.74 Å². The zero-order valence-electron chi connectivity index (χ0n) is 3.79. The molecule has 0 radical (unpaired) electrons. The summed E-state index contributed by atoms with van der Waals surface area (Å²) < 4.78 is 8.40. The van der Waals surface area contributed by atoms with Crippen LogP contribution in [0, 0.1) is 0 Å². The predicted molar refractivity (Wildman–Crippen MR) is 26.5 cm³/mol. The first-order chi connectivity index (χ1) is 3.43. The van der Waals surface area contributed by atoms with E-state index in [-0.39, 0.29) is 0 Å². The Bertz CT molecular complexity index is 127. The molecule has 0 aliphatic heterocycles. The number of methoxy groups -OCH3 is 1. The lowest BCUT2D eigenvalue weighted by Gasteiger charge is -1.82. The summed E-state index contributed by atoms with van der Waals surface area (Å²) in [6.45, 7) is 0. The van der Waals surface area contributed by atoms with Crippen LogP contribution in [0.25, 0.3) is 0 Å². The third-order valence-corrected chi connectivity index (χ3v) is 1.14. The lowest BCUT2D eigenvalue weighted by molar-refractivity contribution is 0.412. The van der Waals surface area contributed by atoms with Crippen LogP contribution in [0.4, 0.5) is 0 Å². The largest absolute Gasteiger partial charge is 0.472 e. The second-order valence-corrected chi connectivity index (χ2v) is 1.65. The van der Waals surface area contributed by atoms with Gasteiger partial charge < -0.3 is 4.74 Å². The van der Waals surface area contributed by atoms with E-state index in [1.807, 2.05) is 0 Å². The molecule has 0 atom stereocenters. The highest BCUT2D eigenvalue weighted by Gasteiger charge is 1.87. The summed E-state index contributed by atoms with van der Waals surface area (Å²) >= 11 is 1.24. The van der Waals surface area contributed by atoms with Crippen LogP contribution >= 0.6 is 11.5 Å². The average molecular weight is 116 g/mol. The number of rotatable bonds is 1. The molecule has 0 amide bonds. The van der Waals surface area contributed by atoms with Crippen molar-refractivity contribution in [2.45, 2.75) is 0 Å². The predicted octanol–water partition coefficient (Wildman–Crippen LogP) is 0.547. The first-order valence-corrected chi connectivity index (χ1v) is 2.51. The van der Waals surface area contributed by atoms with Crippen LogP contribution < -0.4 is 4.74 Å². The Labute approximate surface area is 45.1 Å². The van der Waals surface area contributed by atoms with Gasteiger partial charge in [0.2, 0.25) is 0 Å². The maximum absolute atomic E-state index is 4.70. The van der Waals surface area contributed by atoms with Crippen LogP contribution in [0.5, 0.6) is 5.19 Å². The van der Waals surface area contributed by atoms with E-state index in [0.29, 0.717) is 5.19 Å². The molecule has 0 unspecified atom stereocenters. The van der Waals surface area contributed by atoms with Crippen LogP contribution in [0.1, 0.15) is 0 Å². The molecule has 0 saturated carbocycles. The maximum Gasteiger partial charge on any atom is 0.292 e. The van der Waals surface area contributed by atoms with Gasteiger partial charge in [-0.1, -0.05) is 0 Å². The number of hydrogen-bond donors (Lipinski definition) is 0. The Morgan fingerprint density at radius 3 is 3.00 bits per heavy atom. The van der Waals surface area contributed by atoms with E-state index in [2.05, 4.69) is 9.36 Å². The highest BCUT2D eigenvalue weighted by atomic mass is 32.1. The van der Waals surface area contributed by atoms with Crippen molar-refractivity contribution in [2.75, 3.05) is 7.11 Å². The molecular formula is C3H4N2OS. The van der Waals surface area contributed by atoms with E-state index < -0.39 is 0 Å². The fraction of sp³-hybridized carbons (Fsp3) is 0.333. The van der Waals surface area contributed by atoms with E-state index >= 15 is 0 Å². The van der Waals surface area contributed by atoms with E-state index in [0.717, 1.165) is 0 Å². The zero-order valence-corrected chi connectivity index (χ0v) is 4.60. The van der Waals surface area contributed by atoms with Crippen LogP contribution in [0.15, 0.2) is 6.33 Å². The van der Waals surface area contributed by atoms with E-state index in [9.17, 15) is 0 Å². The third kappa shape index (κ3) is 0.866. The molecule has 1 aromatic heterocycles. The van der Waals surface area contributed by atoms with Crippen LogP contribution in [-0.2, 0) is 0 Å². The van der Waals surface area contributed by atoms with Gasteiger partial charge in [0, 0.05) is 11.5 Å². The summed E-state index contributed by atoms with van der Waals surface area (Å²) in [7, 11) is 1.57. The second kappa shape index (κ2) is 1.88. The Morgan fingerprint density at radius 2 is 2.71 bits per heavy atom. The molecule has 3 nitrogen and oxygen atoms in total. The van der Waals surface area contributed by atoms with Crippen LogP contribution in [0.3, 0.4) is 0 Å². The Hall–Kier alpha value is -0.640. The van der Waals surface area contributed by atoms with Crippen molar-refractivity contribution >= 4 is 11.5 Å². The molecule has 7 heavy (non-hydrogen) atoms. The van der Waals surface area contributed by atoms with Gasteiger partial charge in [0.15, 0.2) is 0 Å². The van der Waals surface area contributed by atoms with Gasteiger partial charge in [0.05, 0.1) is 7.11 Å². The lowest BCUT2D eigenvalue weighted by atomic mass is 11.3. The molecule has 0 N–H and O–H groups in total. The monoisotopic (exact) mass is 116 g/mol. The highest BCUT2D eigenvalue weighted by molar-refractivity contribution is 7.07. The van der Waals surface area contributed by atoms with Gasteiger partial charge in [-0.25, -0.2) is 0 Å². The van der Waals surface area contributed by atoms with Gasteiger partial charge in [0.1, 0.15) is 6.33 Å². The van der Waals surface area contributed by atoms with Crippen molar-refractivity contribution in [3.05, 3.63) is 6.33 Å². The summed E-state index contributed by atoms with van der Waals surface area (Å²) in [4.78, 5) is 3.72. The molecule has 0 spiro atoms.